The van der Waals surface area contributed by atoms with Crippen LogP contribution in [0.3, 0.4) is 0 Å². The minimum absolute atomic E-state index is 0.117. The second kappa shape index (κ2) is 5.41. The highest BCUT2D eigenvalue weighted by Crippen LogP contribution is 2.37. The van der Waals surface area contributed by atoms with Crippen LogP contribution in [-0.4, -0.2) is 10.9 Å². The van der Waals surface area contributed by atoms with E-state index in [4.69, 9.17) is 16.0 Å². The monoisotopic (exact) mass is 332 g/mol. The zero-order chi connectivity index (χ0) is 15.1. The molecule has 4 nitrogen and oxygen atoms in total. The van der Waals surface area contributed by atoms with Crippen LogP contribution >= 0.6 is 22.9 Å². The Morgan fingerprint density at radius 2 is 2.23 bits per heavy atom. The van der Waals surface area contributed by atoms with E-state index < -0.39 is 0 Å². The third kappa shape index (κ3) is 2.51. The van der Waals surface area contributed by atoms with Crippen LogP contribution in [0.2, 0.25) is 5.02 Å². The van der Waals surface area contributed by atoms with Crippen molar-refractivity contribution < 1.29 is 9.21 Å². The van der Waals surface area contributed by atoms with E-state index >= 15 is 0 Å². The Hall–Kier alpha value is -1.85. The van der Waals surface area contributed by atoms with E-state index in [1.54, 1.807) is 11.2 Å². The first-order valence-electron chi connectivity index (χ1n) is 7.11. The maximum absolute atomic E-state index is 12.6. The van der Waals surface area contributed by atoms with Gasteiger partial charge in [-0.2, -0.15) is 0 Å². The summed E-state index contributed by atoms with van der Waals surface area (Å²) in [5, 5.41) is 1.29. The first-order valence-corrected chi connectivity index (χ1v) is 8.30. The molecule has 0 spiro atoms. The highest BCUT2D eigenvalue weighted by Gasteiger charge is 2.35. The van der Waals surface area contributed by atoms with E-state index in [1.165, 1.54) is 11.3 Å². The fourth-order valence-electron chi connectivity index (χ4n) is 2.37. The number of para-hydroxylation sites is 1. The first-order chi connectivity index (χ1) is 10.7. The summed E-state index contributed by atoms with van der Waals surface area (Å²) in [5.41, 5.74) is 0.747. The number of furan rings is 1. The minimum atomic E-state index is 0.117. The van der Waals surface area contributed by atoms with Gasteiger partial charge >= 0.3 is 0 Å². The average Bonchev–Trinajstić information content (AvgIpc) is 3.06. The molecular formula is C16H13ClN2O2S. The number of halogens is 1. The Labute approximate surface area is 136 Å². The molecule has 112 valence electrons. The van der Waals surface area contributed by atoms with E-state index in [0.717, 1.165) is 28.8 Å². The normalized spacial score (nSPS) is 14.4. The molecule has 0 saturated heterocycles. The van der Waals surface area contributed by atoms with Crippen molar-refractivity contribution in [3.8, 4) is 0 Å². The van der Waals surface area contributed by atoms with Crippen LogP contribution in [0.5, 0.6) is 0 Å². The Balaban J connectivity index is 1.74. The van der Waals surface area contributed by atoms with E-state index in [-0.39, 0.29) is 11.8 Å². The van der Waals surface area contributed by atoms with Crippen molar-refractivity contribution in [3.05, 3.63) is 47.4 Å². The number of hydrogen-bond donors (Lipinski definition) is 0. The quantitative estimate of drug-likeness (QED) is 0.707. The molecule has 1 saturated carbocycles. The van der Waals surface area contributed by atoms with Crippen molar-refractivity contribution in [1.82, 2.24) is 4.98 Å². The molecule has 4 rings (SSSR count). The van der Waals surface area contributed by atoms with Crippen LogP contribution in [0.25, 0.3) is 10.2 Å². The molecule has 0 atom stereocenters. The molecule has 0 aliphatic heterocycles. The number of anilines is 1. The molecule has 1 aliphatic carbocycles. The number of rotatable bonds is 4. The predicted molar refractivity (Wildman–Crippen MR) is 87.3 cm³/mol. The van der Waals surface area contributed by atoms with E-state index in [2.05, 4.69) is 4.98 Å². The molecule has 0 N–H and O–H groups in total. The van der Waals surface area contributed by atoms with Gasteiger partial charge in [-0.3, -0.25) is 9.69 Å². The number of carbonyl (C=O) groups is 1. The number of fused-ring (bicyclic) bond motifs is 1. The van der Waals surface area contributed by atoms with Gasteiger partial charge in [-0.05, 0) is 37.1 Å². The fraction of sp³-hybridized carbons (Fsp3) is 0.250. The van der Waals surface area contributed by atoms with E-state index in [9.17, 15) is 4.79 Å². The third-order valence-corrected chi connectivity index (χ3v) is 5.02. The van der Waals surface area contributed by atoms with Gasteiger partial charge in [0, 0.05) is 5.92 Å². The second-order valence-corrected chi connectivity index (χ2v) is 6.78. The van der Waals surface area contributed by atoms with Crippen molar-refractivity contribution in [2.45, 2.75) is 19.4 Å². The standard InChI is InChI=1S/C16H13ClN2O2S/c17-12-4-1-5-13-14(12)18-16(22-13)19(15(20)10-6-7-10)9-11-3-2-8-21-11/h1-5,8,10H,6-7,9H2. The Morgan fingerprint density at radius 1 is 1.36 bits per heavy atom. The van der Waals surface area contributed by atoms with Gasteiger partial charge < -0.3 is 4.42 Å². The van der Waals surface area contributed by atoms with Crippen LogP contribution in [-0.2, 0) is 11.3 Å². The topological polar surface area (TPSA) is 46.3 Å². The summed E-state index contributed by atoms with van der Waals surface area (Å²) in [6.07, 6.45) is 3.53. The molecule has 3 aromatic rings. The summed E-state index contributed by atoms with van der Waals surface area (Å²) < 4.78 is 6.37. The van der Waals surface area contributed by atoms with Gasteiger partial charge in [0.2, 0.25) is 5.91 Å². The lowest BCUT2D eigenvalue weighted by molar-refractivity contribution is -0.120. The Bertz CT molecular complexity index is 824. The number of thiazole rings is 1. The summed E-state index contributed by atoms with van der Waals surface area (Å²) >= 11 is 7.68. The molecule has 1 aromatic carbocycles. The zero-order valence-electron chi connectivity index (χ0n) is 11.7. The van der Waals surface area contributed by atoms with Crippen LogP contribution in [0.15, 0.2) is 41.0 Å². The van der Waals surface area contributed by atoms with Crippen molar-refractivity contribution in [2.75, 3.05) is 4.90 Å². The van der Waals surface area contributed by atoms with Crippen LogP contribution < -0.4 is 4.90 Å². The Morgan fingerprint density at radius 3 is 2.91 bits per heavy atom. The van der Waals surface area contributed by atoms with Crippen molar-refractivity contribution in [2.24, 2.45) is 5.92 Å². The predicted octanol–water partition coefficient (Wildman–Crippen LogP) is 4.49. The highest BCUT2D eigenvalue weighted by atomic mass is 35.5. The van der Waals surface area contributed by atoms with Crippen LogP contribution in [0.4, 0.5) is 5.13 Å². The fourth-order valence-corrected chi connectivity index (χ4v) is 3.64. The summed E-state index contributed by atoms with van der Waals surface area (Å²) in [7, 11) is 0. The van der Waals surface area contributed by atoms with Crippen LogP contribution in [0, 0.1) is 5.92 Å². The summed E-state index contributed by atoms with van der Waals surface area (Å²) in [4.78, 5) is 18.9. The summed E-state index contributed by atoms with van der Waals surface area (Å²) in [6, 6.07) is 9.37. The summed E-state index contributed by atoms with van der Waals surface area (Å²) in [6.45, 7) is 0.403. The molecule has 2 aromatic heterocycles. The van der Waals surface area contributed by atoms with Gasteiger partial charge in [0.1, 0.15) is 11.3 Å². The number of benzene rings is 1. The molecule has 0 radical (unpaired) electrons. The lowest BCUT2D eigenvalue weighted by atomic mass is 10.3. The molecule has 1 aliphatic rings. The number of carbonyl (C=O) groups excluding carboxylic acids is 1. The maximum atomic E-state index is 12.6. The molecule has 0 bridgehead atoms. The molecule has 22 heavy (non-hydrogen) atoms. The SMILES string of the molecule is O=C(C1CC1)N(Cc1ccco1)c1nc2c(Cl)cccc2s1. The number of nitrogens with zero attached hydrogens (tertiary/aromatic N) is 2. The second-order valence-electron chi connectivity index (χ2n) is 5.36. The van der Waals surface area contributed by atoms with Crippen molar-refractivity contribution >= 4 is 44.2 Å². The lowest BCUT2D eigenvalue weighted by Gasteiger charge is -2.18. The smallest absolute Gasteiger partial charge is 0.232 e. The molecule has 6 heteroatoms. The number of aromatic nitrogens is 1. The molecular weight excluding hydrogens is 320 g/mol. The first kappa shape index (κ1) is 13.8. The van der Waals surface area contributed by atoms with Gasteiger partial charge in [0.05, 0.1) is 22.5 Å². The van der Waals surface area contributed by atoms with E-state index in [1.807, 2.05) is 30.3 Å². The number of amides is 1. The third-order valence-electron chi connectivity index (χ3n) is 3.68. The largest absolute Gasteiger partial charge is 0.467 e. The van der Waals surface area contributed by atoms with Crippen molar-refractivity contribution in [1.29, 1.82) is 0 Å². The average molecular weight is 333 g/mol. The van der Waals surface area contributed by atoms with Gasteiger partial charge in [-0.25, -0.2) is 4.98 Å². The zero-order valence-corrected chi connectivity index (χ0v) is 13.2. The van der Waals surface area contributed by atoms with E-state index in [0.29, 0.717) is 16.7 Å². The minimum Gasteiger partial charge on any atom is -0.467 e. The summed E-state index contributed by atoms with van der Waals surface area (Å²) in [5.74, 6) is 0.989. The molecule has 2 heterocycles. The molecule has 1 amide bonds. The van der Waals surface area contributed by atoms with Gasteiger partial charge in [0.25, 0.3) is 0 Å². The molecule has 1 fully saturated rings. The highest BCUT2D eigenvalue weighted by molar-refractivity contribution is 7.22. The van der Waals surface area contributed by atoms with Gasteiger partial charge in [-0.15, -0.1) is 0 Å². The number of hydrogen-bond acceptors (Lipinski definition) is 4. The van der Waals surface area contributed by atoms with Gasteiger partial charge in [0.15, 0.2) is 5.13 Å². The van der Waals surface area contributed by atoms with Crippen molar-refractivity contribution in [3.63, 3.8) is 0 Å². The maximum Gasteiger partial charge on any atom is 0.232 e. The van der Waals surface area contributed by atoms with Gasteiger partial charge in [-0.1, -0.05) is 29.0 Å². The molecule has 0 unspecified atom stereocenters. The lowest BCUT2D eigenvalue weighted by Crippen LogP contribution is -2.31. The Kier molecular flexibility index (Phi) is 3.39. The van der Waals surface area contributed by atoms with Crippen LogP contribution in [0.1, 0.15) is 18.6 Å².